The number of hydrogen-bond donors (Lipinski definition) is 2. The molecule has 2 aromatic rings. The molecular formula is C19H26N4O2. The van der Waals surface area contributed by atoms with Gasteiger partial charge in [-0.2, -0.15) is 0 Å². The minimum absolute atomic E-state index is 0.0137. The van der Waals surface area contributed by atoms with E-state index in [4.69, 9.17) is 4.74 Å². The highest BCUT2D eigenvalue weighted by Gasteiger charge is 2.41. The standard InChI is InChI=1S/C19H26N4O2/c1-16-3-5-17(6-4-16)25-19(7-10-20-11-8-19)18(24)22-9-2-13-23-14-12-21-15-23/h3-6,12,14-15,20H,2,7-11,13H2,1H3,(H,22,24). The van der Waals surface area contributed by atoms with Crippen molar-refractivity contribution < 1.29 is 9.53 Å². The molecule has 1 aromatic carbocycles. The number of ether oxygens (including phenoxy) is 1. The largest absolute Gasteiger partial charge is 0.477 e. The van der Waals surface area contributed by atoms with Gasteiger partial charge in [0, 0.05) is 38.3 Å². The topological polar surface area (TPSA) is 68.2 Å². The van der Waals surface area contributed by atoms with Gasteiger partial charge in [-0.05, 0) is 38.6 Å². The Morgan fingerprint density at radius 3 is 2.76 bits per heavy atom. The van der Waals surface area contributed by atoms with E-state index in [1.807, 2.05) is 42.0 Å². The lowest BCUT2D eigenvalue weighted by atomic mass is 9.90. The zero-order valence-corrected chi connectivity index (χ0v) is 14.7. The van der Waals surface area contributed by atoms with Crippen LogP contribution < -0.4 is 15.4 Å². The summed E-state index contributed by atoms with van der Waals surface area (Å²) in [5.41, 5.74) is 0.394. The first kappa shape index (κ1) is 17.5. The fourth-order valence-corrected chi connectivity index (χ4v) is 3.08. The number of rotatable bonds is 7. The van der Waals surface area contributed by atoms with E-state index >= 15 is 0 Å². The summed E-state index contributed by atoms with van der Waals surface area (Å²) in [6.45, 7) is 5.08. The maximum absolute atomic E-state index is 12.9. The van der Waals surface area contributed by atoms with E-state index in [2.05, 4.69) is 15.6 Å². The first-order valence-corrected chi connectivity index (χ1v) is 8.88. The lowest BCUT2D eigenvalue weighted by Crippen LogP contribution is -2.56. The number of amides is 1. The van der Waals surface area contributed by atoms with Crippen molar-refractivity contribution in [2.45, 2.75) is 38.3 Å². The van der Waals surface area contributed by atoms with Gasteiger partial charge in [-0.15, -0.1) is 0 Å². The number of aryl methyl sites for hydroxylation is 2. The molecule has 1 aromatic heterocycles. The van der Waals surface area contributed by atoms with Crippen LogP contribution in [0.1, 0.15) is 24.8 Å². The fourth-order valence-electron chi connectivity index (χ4n) is 3.08. The molecule has 1 amide bonds. The Morgan fingerprint density at radius 1 is 1.32 bits per heavy atom. The van der Waals surface area contributed by atoms with Crippen molar-refractivity contribution >= 4 is 5.91 Å². The second-order valence-electron chi connectivity index (χ2n) is 6.57. The van der Waals surface area contributed by atoms with Crippen LogP contribution in [0.3, 0.4) is 0 Å². The van der Waals surface area contributed by atoms with Crippen LogP contribution in [0, 0.1) is 6.92 Å². The molecule has 1 saturated heterocycles. The molecule has 1 aliphatic rings. The second kappa shape index (κ2) is 8.16. The number of aromatic nitrogens is 2. The minimum Gasteiger partial charge on any atom is -0.477 e. The highest BCUT2D eigenvalue weighted by atomic mass is 16.5. The molecule has 0 atom stereocenters. The van der Waals surface area contributed by atoms with Gasteiger partial charge in [-0.3, -0.25) is 4.79 Å². The monoisotopic (exact) mass is 342 g/mol. The molecule has 2 heterocycles. The Hall–Kier alpha value is -2.34. The van der Waals surface area contributed by atoms with E-state index in [-0.39, 0.29) is 5.91 Å². The van der Waals surface area contributed by atoms with Gasteiger partial charge >= 0.3 is 0 Å². The summed E-state index contributed by atoms with van der Waals surface area (Å²) in [6.07, 6.45) is 7.69. The van der Waals surface area contributed by atoms with Crippen molar-refractivity contribution in [2.75, 3.05) is 19.6 Å². The van der Waals surface area contributed by atoms with Crippen molar-refractivity contribution in [1.82, 2.24) is 20.2 Å². The lowest BCUT2D eigenvalue weighted by Gasteiger charge is -2.36. The smallest absolute Gasteiger partial charge is 0.264 e. The van der Waals surface area contributed by atoms with E-state index in [1.54, 1.807) is 12.5 Å². The molecule has 0 bridgehead atoms. The van der Waals surface area contributed by atoms with Crippen molar-refractivity contribution in [3.05, 3.63) is 48.5 Å². The molecule has 6 heteroatoms. The van der Waals surface area contributed by atoms with Crippen molar-refractivity contribution in [2.24, 2.45) is 0 Å². The van der Waals surface area contributed by atoms with Crippen LogP contribution in [0.25, 0.3) is 0 Å². The fraction of sp³-hybridized carbons (Fsp3) is 0.474. The third-order valence-electron chi connectivity index (χ3n) is 4.60. The Bertz CT molecular complexity index is 661. The molecule has 6 nitrogen and oxygen atoms in total. The van der Waals surface area contributed by atoms with Crippen LogP contribution in [-0.4, -0.2) is 40.7 Å². The molecule has 134 valence electrons. The quantitative estimate of drug-likeness (QED) is 0.754. The van der Waals surface area contributed by atoms with Crippen molar-refractivity contribution in [3.63, 3.8) is 0 Å². The van der Waals surface area contributed by atoms with E-state index in [1.165, 1.54) is 5.56 Å². The predicted molar refractivity (Wildman–Crippen MR) is 96.5 cm³/mol. The normalized spacial score (nSPS) is 16.4. The first-order chi connectivity index (χ1) is 12.2. The minimum atomic E-state index is -0.782. The SMILES string of the molecule is Cc1ccc(OC2(C(=O)NCCCn3ccnc3)CCNCC2)cc1. The van der Waals surface area contributed by atoms with Crippen molar-refractivity contribution in [1.29, 1.82) is 0 Å². The summed E-state index contributed by atoms with van der Waals surface area (Å²) < 4.78 is 8.20. The maximum Gasteiger partial charge on any atom is 0.264 e. The van der Waals surface area contributed by atoms with Gasteiger partial charge in [-0.25, -0.2) is 4.98 Å². The van der Waals surface area contributed by atoms with Crippen LogP contribution in [-0.2, 0) is 11.3 Å². The number of hydrogen-bond acceptors (Lipinski definition) is 4. The van der Waals surface area contributed by atoms with Crippen LogP contribution in [0.4, 0.5) is 0 Å². The van der Waals surface area contributed by atoms with Crippen LogP contribution >= 0.6 is 0 Å². The number of benzene rings is 1. The summed E-state index contributed by atoms with van der Waals surface area (Å²) in [4.78, 5) is 16.9. The third kappa shape index (κ3) is 4.60. The van der Waals surface area contributed by atoms with E-state index in [0.29, 0.717) is 19.4 Å². The number of imidazole rings is 1. The number of nitrogens with one attached hydrogen (secondary N) is 2. The van der Waals surface area contributed by atoms with Crippen LogP contribution in [0.2, 0.25) is 0 Å². The lowest BCUT2D eigenvalue weighted by molar-refractivity contribution is -0.139. The number of nitrogens with zero attached hydrogens (tertiary/aromatic N) is 2. The maximum atomic E-state index is 12.9. The highest BCUT2D eigenvalue weighted by molar-refractivity contribution is 5.85. The molecule has 0 radical (unpaired) electrons. The zero-order valence-electron chi connectivity index (χ0n) is 14.7. The number of carbonyl (C=O) groups is 1. The van der Waals surface area contributed by atoms with E-state index < -0.39 is 5.60 Å². The first-order valence-electron chi connectivity index (χ1n) is 8.88. The zero-order chi connectivity index (χ0) is 17.5. The van der Waals surface area contributed by atoms with Gasteiger partial charge in [0.1, 0.15) is 5.75 Å². The van der Waals surface area contributed by atoms with Crippen LogP contribution in [0.5, 0.6) is 5.75 Å². The summed E-state index contributed by atoms with van der Waals surface area (Å²) >= 11 is 0. The van der Waals surface area contributed by atoms with E-state index in [9.17, 15) is 4.79 Å². The van der Waals surface area contributed by atoms with Crippen LogP contribution in [0.15, 0.2) is 43.0 Å². The number of piperidine rings is 1. The van der Waals surface area contributed by atoms with Gasteiger partial charge < -0.3 is 19.9 Å². The van der Waals surface area contributed by atoms with Crippen molar-refractivity contribution in [3.8, 4) is 5.75 Å². The molecule has 0 unspecified atom stereocenters. The molecule has 1 aliphatic heterocycles. The summed E-state index contributed by atoms with van der Waals surface area (Å²) in [5.74, 6) is 0.737. The Morgan fingerprint density at radius 2 is 2.08 bits per heavy atom. The molecular weight excluding hydrogens is 316 g/mol. The summed E-state index contributed by atoms with van der Waals surface area (Å²) in [5, 5.41) is 6.37. The molecule has 2 N–H and O–H groups in total. The average Bonchev–Trinajstić information content (AvgIpc) is 3.15. The van der Waals surface area contributed by atoms with Gasteiger partial charge in [0.15, 0.2) is 5.60 Å². The van der Waals surface area contributed by atoms with Gasteiger partial charge in [0.25, 0.3) is 5.91 Å². The second-order valence-corrected chi connectivity index (χ2v) is 6.57. The predicted octanol–water partition coefficient (Wildman–Crippen LogP) is 1.90. The molecule has 3 rings (SSSR count). The highest BCUT2D eigenvalue weighted by Crippen LogP contribution is 2.27. The molecule has 0 saturated carbocycles. The summed E-state index contributed by atoms with van der Waals surface area (Å²) in [6, 6.07) is 7.89. The molecule has 1 fully saturated rings. The molecule has 25 heavy (non-hydrogen) atoms. The molecule has 0 spiro atoms. The van der Waals surface area contributed by atoms with Gasteiger partial charge in [0.2, 0.25) is 0 Å². The average molecular weight is 342 g/mol. The summed E-state index contributed by atoms with van der Waals surface area (Å²) in [7, 11) is 0. The van der Waals surface area contributed by atoms with Gasteiger partial charge in [0.05, 0.1) is 6.33 Å². The van der Waals surface area contributed by atoms with E-state index in [0.717, 1.165) is 31.8 Å². The Labute approximate surface area is 148 Å². The third-order valence-corrected chi connectivity index (χ3v) is 4.60. The number of carbonyl (C=O) groups excluding carboxylic acids is 1. The Kier molecular flexibility index (Phi) is 5.71. The van der Waals surface area contributed by atoms with Gasteiger partial charge in [-0.1, -0.05) is 17.7 Å². The Balaban J connectivity index is 1.58. The molecule has 0 aliphatic carbocycles.